The van der Waals surface area contributed by atoms with E-state index in [1.165, 1.54) is 0 Å². The fourth-order valence-electron chi connectivity index (χ4n) is 2.92. The number of carbonyl (C=O) groups is 1. The van der Waals surface area contributed by atoms with Gasteiger partial charge in [0.15, 0.2) is 0 Å². The first kappa shape index (κ1) is 18.2. The van der Waals surface area contributed by atoms with E-state index in [4.69, 9.17) is 5.10 Å². The molecule has 0 radical (unpaired) electrons. The van der Waals surface area contributed by atoms with E-state index in [0.29, 0.717) is 11.4 Å². The van der Waals surface area contributed by atoms with E-state index in [1.54, 1.807) is 4.68 Å². The molecule has 1 amide bonds. The maximum atomic E-state index is 12.7. The largest absolute Gasteiger partial charge is 0.306 e. The van der Waals surface area contributed by atoms with E-state index >= 15 is 0 Å². The zero-order chi connectivity index (χ0) is 19.5. The first-order chi connectivity index (χ1) is 13.6. The van der Waals surface area contributed by atoms with Gasteiger partial charge in [-0.25, -0.2) is 4.68 Å². The number of hydrogen-bond acceptors (Lipinski definition) is 2. The summed E-state index contributed by atoms with van der Waals surface area (Å²) in [4.78, 5) is 12.7. The Labute approximate surface area is 172 Å². The molecule has 0 atom stereocenters. The second-order valence-corrected chi connectivity index (χ2v) is 7.41. The lowest BCUT2D eigenvalue weighted by atomic mass is 10.1. The van der Waals surface area contributed by atoms with Crippen molar-refractivity contribution in [3.8, 4) is 16.9 Å². The number of nitrogens with zero attached hydrogens (tertiary/aromatic N) is 2. The van der Waals surface area contributed by atoms with Crippen molar-refractivity contribution in [2.45, 2.75) is 6.92 Å². The number of aryl methyl sites for hydroxylation is 1. The fourth-order valence-corrected chi connectivity index (χ4v) is 3.32. The summed E-state index contributed by atoms with van der Waals surface area (Å²) in [5.74, 6) is 0.449. The topological polar surface area (TPSA) is 46.9 Å². The Morgan fingerprint density at radius 2 is 1.68 bits per heavy atom. The van der Waals surface area contributed by atoms with Gasteiger partial charge in [-0.3, -0.25) is 4.79 Å². The lowest BCUT2D eigenvalue weighted by molar-refractivity contribution is 0.102. The monoisotopic (exact) mass is 431 g/mol. The summed E-state index contributed by atoms with van der Waals surface area (Å²) >= 11 is 3.50. The number of halogens is 1. The molecule has 4 aromatic rings. The molecular weight excluding hydrogens is 414 g/mol. The van der Waals surface area contributed by atoms with Gasteiger partial charge in [-0.2, -0.15) is 5.10 Å². The van der Waals surface area contributed by atoms with E-state index in [9.17, 15) is 4.79 Å². The van der Waals surface area contributed by atoms with Crippen LogP contribution < -0.4 is 5.32 Å². The number of hydrogen-bond donors (Lipinski definition) is 1. The SMILES string of the molecule is Cc1ccc(C(=O)Nc2cc(-c3cccc(Br)c3)nn2-c2ccccc2)cc1. The number of nitrogens with one attached hydrogen (secondary N) is 1. The lowest BCUT2D eigenvalue weighted by Gasteiger charge is -2.09. The molecule has 0 saturated heterocycles. The Morgan fingerprint density at radius 1 is 0.929 bits per heavy atom. The molecular formula is C23H18BrN3O. The molecule has 0 bridgehead atoms. The Kier molecular flexibility index (Phi) is 5.08. The summed E-state index contributed by atoms with van der Waals surface area (Å²) in [6.45, 7) is 2.00. The Morgan fingerprint density at radius 3 is 2.39 bits per heavy atom. The van der Waals surface area contributed by atoms with Gasteiger partial charge in [-0.1, -0.05) is 64.0 Å². The molecule has 138 valence electrons. The zero-order valence-electron chi connectivity index (χ0n) is 15.3. The van der Waals surface area contributed by atoms with E-state index in [-0.39, 0.29) is 5.91 Å². The molecule has 1 heterocycles. The predicted octanol–water partition coefficient (Wildman–Crippen LogP) is 5.86. The predicted molar refractivity (Wildman–Crippen MR) is 116 cm³/mol. The number of benzene rings is 3. The van der Waals surface area contributed by atoms with Crippen LogP contribution in [0.25, 0.3) is 16.9 Å². The van der Waals surface area contributed by atoms with Gasteiger partial charge in [0.05, 0.1) is 11.4 Å². The van der Waals surface area contributed by atoms with E-state index in [2.05, 4.69) is 21.2 Å². The third kappa shape index (κ3) is 3.89. The summed E-state index contributed by atoms with van der Waals surface area (Å²) in [5.41, 5.74) is 4.35. The van der Waals surface area contributed by atoms with Crippen molar-refractivity contribution >= 4 is 27.7 Å². The summed E-state index contributed by atoms with van der Waals surface area (Å²) in [6.07, 6.45) is 0. The maximum absolute atomic E-state index is 12.7. The average molecular weight is 432 g/mol. The van der Waals surface area contributed by atoms with Crippen molar-refractivity contribution in [2.24, 2.45) is 0 Å². The van der Waals surface area contributed by atoms with E-state index < -0.39 is 0 Å². The number of amides is 1. The summed E-state index contributed by atoms with van der Waals surface area (Å²) < 4.78 is 2.73. The van der Waals surface area contributed by atoms with Crippen LogP contribution in [0, 0.1) is 6.92 Å². The van der Waals surface area contributed by atoms with Crippen LogP contribution in [-0.2, 0) is 0 Å². The lowest BCUT2D eigenvalue weighted by Crippen LogP contribution is -2.15. The molecule has 0 aliphatic heterocycles. The third-order valence-electron chi connectivity index (χ3n) is 4.39. The van der Waals surface area contributed by atoms with Gasteiger partial charge in [-0.05, 0) is 43.3 Å². The highest BCUT2D eigenvalue weighted by Gasteiger charge is 2.15. The standard InChI is InChI=1S/C23H18BrN3O/c1-16-10-12-17(13-11-16)23(28)25-22-15-21(18-6-5-7-19(24)14-18)26-27(22)20-8-3-2-4-9-20/h2-15H,1H3,(H,25,28). The maximum Gasteiger partial charge on any atom is 0.256 e. The molecule has 1 N–H and O–H groups in total. The number of anilines is 1. The fraction of sp³-hybridized carbons (Fsp3) is 0.0435. The van der Waals surface area contributed by atoms with E-state index in [1.807, 2.05) is 91.9 Å². The second-order valence-electron chi connectivity index (χ2n) is 6.49. The third-order valence-corrected chi connectivity index (χ3v) is 4.88. The second kappa shape index (κ2) is 7.82. The first-order valence-corrected chi connectivity index (χ1v) is 9.69. The molecule has 0 aliphatic carbocycles. The molecule has 4 rings (SSSR count). The first-order valence-electron chi connectivity index (χ1n) is 8.89. The van der Waals surface area contributed by atoms with Crippen LogP contribution in [0.15, 0.2) is 89.4 Å². The van der Waals surface area contributed by atoms with Crippen molar-refractivity contribution in [2.75, 3.05) is 5.32 Å². The molecule has 0 unspecified atom stereocenters. The van der Waals surface area contributed by atoms with Crippen molar-refractivity contribution in [3.63, 3.8) is 0 Å². The summed E-state index contributed by atoms with van der Waals surface area (Å²) in [7, 11) is 0. The van der Waals surface area contributed by atoms with Crippen molar-refractivity contribution in [1.29, 1.82) is 0 Å². The zero-order valence-corrected chi connectivity index (χ0v) is 16.8. The van der Waals surface area contributed by atoms with Gasteiger partial charge in [0, 0.05) is 21.7 Å². The molecule has 28 heavy (non-hydrogen) atoms. The quantitative estimate of drug-likeness (QED) is 0.439. The highest BCUT2D eigenvalue weighted by molar-refractivity contribution is 9.10. The molecule has 3 aromatic carbocycles. The van der Waals surface area contributed by atoms with Crippen LogP contribution in [0.3, 0.4) is 0 Å². The van der Waals surface area contributed by atoms with E-state index in [0.717, 1.165) is 27.0 Å². The minimum atomic E-state index is -0.169. The van der Waals surface area contributed by atoms with Crippen molar-refractivity contribution in [3.05, 3.63) is 101 Å². The van der Waals surface area contributed by atoms with Crippen LogP contribution in [0.5, 0.6) is 0 Å². The van der Waals surface area contributed by atoms with Crippen LogP contribution in [0.2, 0.25) is 0 Å². The van der Waals surface area contributed by atoms with Gasteiger partial charge < -0.3 is 5.32 Å². The smallest absolute Gasteiger partial charge is 0.256 e. The molecule has 5 heteroatoms. The molecule has 0 aliphatic rings. The molecule has 1 aromatic heterocycles. The summed E-state index contributed by atoms with van der Waals surface area (Å²) in [6, 6.07) is 27.1. The van der Waals surface area contributed by atoms with Crippen LogP contribution in [-0.4, -0.2) is 15.7 Å². The molecule has 0 fully saturated rings. The Hall–Kier alpha value is -3.18. The summed E-state index contributed by atoms with van der Waals surface area (Å²) in [5, 5.41) is 7.73. The molecule has 0 spiro atoms. The van der Waals surface area contributed by atoms with Crippen molar-refractivity contribution in [1.82, 2.24) is 9.78 Å². The number of para-hydroxylation sites is 1. The van der Waals surface area contributed by atoms with Gasteiger partial charge in [-0.15, -0.1) is 0 Å². The highest BCUT2D eigenvalue weighted by Crippen LogP contribution is 2.27. The highest BCUT2D eigenvalue weighted by atomic mass is 79.9. The minimum Gasteiger partial charge on any atom is -0.306 e. The number of carbonyl (C=O) groups excluding carboxylic acids is 1. The van der Waals surface area contributed by atoms with Gasteiger partial charge in [0.1, 0.15) is 5.82 Å². The number of aromatic nitrogens is 2. The van der Waals surface area contributed by atoms with Gasteiger partial charge >= 0.3 is 0 Å². The Bertz CT molecular complexity index is 1120. The average Bonchev–Trinajstić information content (AvgIpc) is 3.13. The van der Waals surface area contributed by atoms with Crippen LogP contribution >= 0.6 is 15.9 Å². The van der Waals surface area contributed by atoms with Gasteiger partial charge in [0.2, 0.25) is 0 Å². The van der Waals surface area contributed by atoms with Crippen LogP contribution in [0.1, 0.15) is 15.9 Å². The molecule has 4 nitrogen and oxygen atoms in total. The normalized spacial score (nSPS) is 10.6. The Balaban J connectivity index is 1.74. The van der Waals surface area contributed by atoms with Gasteiger partial charge in [0.25, 0.3) is 5.91 Å². The molecule has 0 saturated carbocycles. The minimum absolute atomic E-state index is 0.169. The van der Waals surface area contributed by atoms with Crippen LogP contribution in [0.4, 0.5) is 5.82 Å². The number of rotatable bonds is 4. The van der Waals surface area contributed by atoms with Crippen molar-refractivity contribution < 1.29 is 4.79 Å².